The number of esters is 1. The largest absolute Gasteiger partial charge is 0.493 e. The van der Waals surface area contributed by atoms with E-state index in [0.29, 0.717) is 0 Å². The molecule has 0 atom stereocenters. The van der Waals surface area contributed by atoms with Gasteiger partial charge in [-0.15, -0.1) is 0 Å². The second kappa shape index (κ2) is 5.29. The quantitative estimate of drug-likeness (QED) is 0.721. The molecular formula is C10H10F2O3. The molecule has 0 aliphatic carbocycles. The third kappa shape index (κ3) is 3.53. The monoisotopic (exact) mass is 216 g/mol. The summed E-state index contributed by atoms with van der Waals surface area (Å²) in [7, 11) is 1.26. The Balaban J connectivity index is 2.44. The van der Waals surface area contributed by atoms with Gasteiger partial charge in [0, 0.05) is 6.07 Å². The number of ether oxygens (including phenoxy) is 2. The molecule has 1 rings (SSSR count). The summed E-state index contributed by atoms with van der Waals surface area (Å²) in [6.07, 6.45) is 0.0650. The summed E-state index contributed by atoms with van der Waals surface area (Å²) in [5.41, 5.74) is 0. The van der Waals surface area contributed by atoms with Crippen molar-refractivity contribution in [2.45, 2.75) is 6.42 Å². The van der Waals surface area contributed by atoms with Gasteiger partial charge in [0.2, 0.25) is 0 Å². The number of methoxy groups -OCH3 is 1. The molecule has 0 fully saturated rings. The number of halogens is 2. The van der Waals surface area contributed by atoms with Crippen molar-refractivity contribution in [1.29, 1.82) is 0 Å². The first kappa shape index (κ1) is 11.4. The molecule has 0 amide bonds. The standard InChI is InChI=1S/C10H10F2O3/c1-14-10(13)4-5-15-7-2-3-8(11)9(12)6-7/h2-3,6H,4-5H2,1H3. The molecule has 3 nitrogen and oxygen atoms in total. The van der Waals surface area contributed by atoms with Crippen molar-refractivity contribution in [2.75, 3.05) is 13.7 Å². The molecule has 1 aromatic rings. The van der Waals surface area contributed by atoms with E-state index < -0.39 is 17.6 Å². The van der Waals surface area contributed by atoms with Crippen LogP contribution in [-0.4, -0.2) is 19.7 Å². The van der Waals surface area contributed by atoms with Gasteiger partial charge in [-0.05, 0) is 12.1 Å². The van der Waals surface area contributed by atoms with Crippen molar-refractivity contribution in [3.05, 3.63) is 29.8 Å². The van der Waals surface area contributed by atoms with E-state index in [4.69, 9.17) is 4.74 Å². The van der Waals surface area contributed by atoms with Crippen LogP contribution < -0.4 is 4.74 Å². The molecule has 0 saturated carbocycles. The van der Waals surface area contributed by atoms with Gasteiger partial charge in [-0.2, -0.15) is 0 Å². The molecule has 0 aliphatic rings. The lowest BCUT2D eigenvalue weighted by Gasteiger charge is -2.05. The van der Waals surface area contributed by atoms with Crippen molar-refractivity contribution in [1.82, 2.24) is 0 Å². The van der Waals surface area contributed by atoms with E-state index in [1.807, 2.05) is 0 Å². The highest BCUT2D eigenvalue weighted by atomic mass is 19.2. The molecule has 15 heavy (non-hydrogen) atoms. The van der Waals surface area contributed by atoms with Gasteiger partial charge in [0.15, 0.2) is 11.6 Å². The second-order valence-corrected chi connectivity index (χ2v) is 2.75. The van der Waals surface area contributed by atoms with Gasteiger partial charge in [-0.3, -0.25) is 4.79 Å². The summed E-state index contributed by atoms with van der Waals surface area (Å²) >= 11 is 0. The molecule has 0 N–H and O–H groups in total. The summed E-state index contributed by atoms with van der Waals surface area (Å²) < 4.78 is 34.6. The van der Waals surface area contributed by atoms with Crippen molar-refractivity contribution in [2.24, 2.45) is 0 Å². The van der Waals surface area contributed by atoms with E-state index in [1.165, 1.54) is 13.2 Å². The van der Waals surface area contributed by atoms with Crippen LogP contribution in [0.4, 0.5) is 8.78 Å². The topological polar surface area (TPSA) is 35.5 Å². The average Bonchev–Trinajstić information content (AvgIpc) is 2.23. The molecule has 0 radical (unpaired) electrons. The van der Waals surface area contributed by atoms with Crippen LogP contribution in [0, 0.1) is 11.6 Å². The SMILES string of the molecule is COC(=O)CCOc1ccc(F)c(F)c1. The van der Waals surface area contributed by atoms with Gasteiger partial charge in [0.05, 0.1) is 20.1 Å². The zero-order valence-corrected chi connectivity index (χ0v) is 8.13. The number of benzene rings is 1. The second-order valence-electron chi connectivity index (χ2n) is 2.75. The summed E-state index contributed by atoms with van der Waals surface area (Å²) in [5, 5.41) is 0. The highest BCUT2D eigenvalue weighted by molar-refractivity contribution is 5.69. The fraction of sp³-hybridized carbons (Fsp3) is 0.300. The van der Waals surface area contributed by atoms with E-state index in [9.17, 15) is 13.6 Å². The first-order valence-corrected chi connectivity index (χ1v) is 4.28. The smallest absolute Gasteiger partial charge is 0.308 e. The van der Waals surface area contributed by atoms with Gasteiger partial charge < -0.3 is 9.47 Å². The Hall–Kier alpha value is -1.65. The Bertz CT molecular complexity index is 353. The highest BCUT2D eigenvalue weighted by Gasteiger charge is 2.04. The van der Waals surface area contributed by atoms with E-state index >= 15 is 0 Å². The van der Waals surface area contributed by atoms with Crippen LogP contribution in [0.25, 0.3) is 0 Å². The molecule has 5 heteroatoms. The third-order valence-corrected chi connectivity index (χ3v) is 1.69. The van der Waals surface area contributed by atoms with Crippen molar-refractivity contribution < 1.29 is 23.0 Å². The summed E-state index contributed by atoms with van der Waals surface area (Å²) in [6, 6.07) is 3.17. The van der Waals surface area contributed by atoms with Crippen molar-refractivity contribution in [3.8, 4) is 5.75 Å². The Morgan fingerprint density at radius 3 is 2.67 bits per heavy atom. The van der Waals surface area contributed by atoms with Crippen molar-refractivity contribution in [3.63, 3.8) is 0 Å². The molecule has 0 heterocycles. The summed E-state index contributed by atoms with van der Waals surface area (Å²) in [6.45, 7) is 0.0672. The normalized spacial score (nSPS) is 9.80. The molecule has 0 spiro atoms. The summed E-state index contributed by atoms with van der Waals surface area (Å²) in [5.74, 6) is -2.16. The fourth-order valence-corrected chi connectivity index (χ4v) is 0.921. The van der Waals surface area contributed by atoms with E-state index in [2.05, 4.69) is 4.74 Å². The number of rotatable bonds is 4. The molecule has 0 aromatic heterocycles. The lowest BCUT2D eigenvalue weighted by atomic mass is 10.3. The van der Waals surface area contributed by atoms with Gasteiger partial charge in [-0.25, -0.2) is 8.78 Å². The molecular weight excluding hydrogens is 206 g/mol. The Morgan fingerprint density at radius 1 is 1.33 bits per heavy atom. The van der Waals surface area contributed by atoms with Crippen LogP contribution in [0.5, 0.6) is 5.75 Å². The minimum Gasteiger partial charge on any atom is -0.493 e. The lowest BCUT2D eigenvalue weighted by molar-refractivity contribution is -0.141. The molecule has 0 saturated heterocycles. The minimum absolute atomic E-state index is 0.0650. The fourth-order valence-electron chi connectivity index (χ4n) is 0.921. The van der Waals surface area contributed by atoms with Crippen LogP contribution in [0.2, 0.25) is 0 Å². The number of hydrogen-bond donors (Lipinski definition) is 0. The number of carbonyl (C=O) groups is 1. The van der Waals surface area contributed by atoms with Gasteiger partial charge in [0.1, 0.15) is 5.75 Å². The van der Waals surface area contributed by atoms with E-state index in [1.54, 1.807) is 0 Å². The molecule has 1 aromatic carbocycles. The summed E-state index contributed by atoms with van der Waals surface area (Å²) in [4.78, 5) is 10.7. The van der Waals surface area contributed by atoms with Crippen LogP contribution in [0.1, 0.15) is 6.42 Å². The number of hydrogen-bond acceptors (Lipinski definition) is 3. The van der Waals surface area contributed by atoms with Crippen molar-refractivity contribution >= 4 is 5.97 Å². The Labute approximate surface area is 85.6 Å². The zero-order valence-electron chi connectivity index (χ0n) is 8.13. The first-order chi connectivity index (χ1) is 7.13. The molecule has 0 aliphatic heterocycles. The maximum atomic E-state index is 12.7. The molecule has 82 valence electrons. The average molecular weight is 216 g/mol. The minimum atomic E-state index is -0.981. The van der Waals surface area contributed by atoms with E-state index in [0.717, 1.165) is 12.1 Å². The molecule has 0 unspecified atom stereocenters. The van der Waals surface area contributed by atoms with Crippen LogP contribution in [-0.2, 0) is 9.53 Å². The number of carbonyl (C=O) groups excluding carboxylic acids is 1. The van der Waals surface area contributed by atoms with Gasteiger partial charge in [-0.1, -0.05) is 0 Å². The molecule has 0 bridgehead atoms. The third-order valence-electron chi connectivity index (χ3n) is 1.69. The Morgan fingerprint density at radius 2 is 2.07 bits per heavy atom. The highest BCUT2D eigenvalue weighted by Crippen LogP contribution is 2.15. The van der Waals surface area contributed by atoms with Crippen LogP contribution in [0.3, 0.4) is 0 Å². The maximum absolute atomic E-state index is 12.7. The van der Waals surface area contributed by atoms with Crippen LogP contribution >= 0.6 is 0 Å². The predicted octanol–water partition coefficient (Wildman–Crippen LogP) is 1.91. The maximum Gasteiger partial charge on any atom is 0.308 e. The van der Waals surface area contributed by atoms with Gasteiger partial charge >= 0.3 is 5.97 Å². The lowest BCUT2D eigenvalue weighted by Crippen LogP contribution is -2.07. The van der Waals surface area contributed by atoms with E-state index in [-0.39, 0.29) is 18.8 Å². The zero-order chi connectivity index (χ0) is 11.3. The predicted molar refractivity (Wildman–Crippen MR) is 48.5 cm³/mol. The first-order valence-electron chi connectivity index (χ1n) is 4.28. The Kier molecular flexibility index (Phi) is 4.03. The van der Waals surface area contributed by atoms with Crippen LogP contribution in [0.15, 0.2) is 18.2 Å². The van der Waals surface area contributed by atoms with Gasteiger partial charge in [0.25, 0.3) is 0 Å².